The van der Waals surface area contributed by atoms with Crippen LogP contribution < -0.4 is 5.32 Å². The Labute approximate surface area is 161 Å². The predicted octanol–water partition coefficient (Wildman–Crippen LogP) is 4.13. The molecule has 0 aliphatic rings. The Hall–Kier alpha value is -1.99. The Morgan fingerprint density at radius 3 is 2.42 bits per heavy atom. The van der Waals surface area contributed by atoms with E-state index in [4.69, 9.17) is 0 Å². The van der Waals surface area contributed by atoms with Gasteiger partial charge in [0, 0.05) is 29.0 Å². The van der Waals surface area contributed by atoms with Crippen molar-refractivity contribution in [3.8, 4) is 0 Å². The van der Waals surface area contributed by atoms with E-state index in [-0.39, 0.29) is 30.6 Å². The zero-order valence-corrected chi connectivity index (χ0v) is 16.3. The van der Waals surface area contributed by atoms with Crippen LogP contribution in [0.2, 0.25) is 0 Å². The molecule has 0 saturated heterocycles. The maximum atomic E-state index is 13.5. The largest absolute Gasteiger partial charge is 0.336 e. The highest BCUT2D eigenvalue weighted by atomic mass is 32.2. The van der Waals surface area contributed by atoms with Gasteiger partial charge in [0.1, 0.15) is 5.82 Å². The van der Waals surface area contributed by atoms with Gasteiger partial charge in [-0.3, -0.25) is 9.59 Å². The van der Waals surface area contributed by atoms with Crippen LogP contribution >= 0.6 is 23.5 Å². The minimum absolute atomic E-state index is 0.0219. The number of hydrogen-bond acceptors (Lipinski definition) is 4. The molecular formula is C19H21FN2O2S2. The molecule has 0 aromatic heterocycles. The maximum absolute atomic E-state index is 13.5. The third-order valence-electron chi connectivity index (χ3n) is 3.60. The summed E-state index contributed by atoms with van der Waals surface area (Å²) in [5, 5.41) is 2.83. The molecule has 0 atom stereocenters. The molecule has 0 bridgehead atoms. The summed E-state index contributed by atoms with van der Waals surface area (Å²) in [6.07, 6.45) is 2.18. The van der Waals surface area contributed by atoms with Crippen molar-refractivity contribution in [2.45, 2.75) is 16.2 Å². The highest BCUT2D eigenvalue weighted by Gasteiger charge is 2.14. The lowest BCUT2D eigenvalue weighted by Crippen LogP contribution is -2.35. The summed E-state index contributed by atoms with van der Waals surface area (Å²) >= 11 is 2.84. The third kappa shape index (κ3) is 6.07. The van der Waals surface area contributed by atoms with Crippen molar-refractivity contribution in [1.29, 1.82) is 0 Å². The highest BCUT2D eigenvalue weighted by Crippen LogP contribution is 2.24. The van der Waals surface area contributed by atoms with E-state index in [0.29, 0.717) is 10.6 Å². The van der Waals surface area contributed by atoms with Crippen molar-refractivity contribution >= 4 is 41.0 Å². The number of carbonyl (C=O) groups is 2. The number of likely N-dealkylation sites (N-methyl/N-ethyl adjacent to an activating group) is 1. The van der Waals surface area contributed by atoms with E-state index in [0.717, 1.165) is 10.6 Å². The number of halogens is 1. The SMILES string of the molecule is CSc1ccccc1NC(=O)CN(C)C(=O)CCSc1ccccc1F. The van der Waals surface area contributed by atoms with Gasteiger partial charge in [-0.2, -0.15) is 0 Å². The number of amides is 2. The van der Waals surface area contributed by atoms with Gasteiger partial charge in [-0.05, 0) is 30.5 Å². The minimum atomic E-state index is -0.287. The first-order valence-electron chi connectivity index (χ1n) is 8.05. The van der Waals surface area contributed by atoms with Gasteiger partial charge in [0.25, 0.3) is 0 Å². The van der Waals surface area contributed by atoms with Crippen LogP contribution in [0.1, 0.15) is 6.42 Å². The predicted molar refractivity (Wildman–Crippen MR) is 106 cm³/mol. The standard InChI is InChI=1S/C19H21FN2O2S2/c1-22(13-18(23)21-15-8-4-6-10-17(15)25-2)19(24)11-12-26-16-9-5-3-7-14(16)20/h3-10H,11-13H2,1-2H3,(H,21,23). The number of benzene rings is 2. The van der Waals surface area contributed by atoms with Gasteiger partial charge in [0.15, 0.2) is 0 Å². The van der Waals surface area contributed by atoms with E-state index in [1.54, 1.807) is 37.0 Å². The number of anilines is 1. The number of hydrogen-bond donors (Lipinski definition) is 1. The van der Waals surface area contributed by atoms with E-state index in [2.05, 4.69) is 5.32 Å². The van der Waals surface area contributed by atoms with Crippen LogP contribution in [0.5, 0.6) is 0 Å². The molecule has 0 heterocycles. The van der Waals surface area contributed by atoms with Crippen LogP contribution in [0.15, 0.2) is 58.3 Å². The maximum Gasteiger partial charge on any atom is 0.244 e. The summed E-state index contributed by atoms with van der Waals surface area (Å²) in [6, 6.07) is 14.0. The first kappa shape index (κ1) is 20.3. The van der Waals surface area contributed by atoms with Crippen molar-refractivity contribution in [2.75, 3.05) is 30.9 Å². The zero-order chi connectivity index (χ0) is 18.9. The fourth-order valence-electron chi connectivity index (χ4n) is 2.24. The number of thioether (sulfide) groups is 2. The number of rotatable bonds is 8. The summed E-state index contributed by atoms with van der Waals surface area (Å²) in [7, 11) is 1.59. The Kier molecular flexibility index (Phi) is 8.00. The second-order valence-corrected chi connectivity index (χ2v) is 7.51. The molecule has 26 heavy (non-hydrogen) atoms. The molecule has 0 aliphatic carbocycles. The van der Waals surface area contributed by atoms with Gasteiger partial charge in [0.05, 0.1) is 12.2 Å². The molecule has 0 radical (unpaired) electrons. The molecule has 1 N–H and O–H groups in total. The molecular weight excluding hydrogens is 371 g/mol. The number of para-hydroxylation sites is 1. The lowest BCUT2D eigenvalue weighted by Gasteiger charge is -2.17. The summed E-state index contributed by atoms with van der Waals surface area (Å²) in [6.45, 7) is -0.0219. The molecule has 2 rings (SSSR count). The smallest absolute Gasteiger partial charge is 0.244 e. The lowest BCUT2D eigenvalue weighted by molar-refractivity contribution is -0.132. The first-order chi connectivity index (χ1) is 12.5. The van der Waals surface area contributed by atoms with Gasteiger partial charge in [-0.25, -0.2) is 4.39 Å². The quantitative estimate of drug-likeness (QED) is 0.687. The summed E-state index contributed by atoms with van der Waals surface area (Å²) in [5.74, 6) is -0.225. The fourth-order valence-corrected chi connectivity index (χ4v) is 3.67. The summed E-state index contributed by atoms with van der Waals surface area (Å²) in [5.41, 5.74) is 0.737. The molecule has 7 heteroatoms. The third-order valence-corrected chi connectivity index (χ3v) is 5.44. The Bertz CT molecular complexity index is 771. The van der Waals surface area contributed by atoms with E-state index < -0.39 is 0 Å². The monoisotopic (exact) mass is 392 g/mol. The summed E-state index contributed by atoms with van der Waals surface area (Å²) in [4.78, 5) is 27.2. The van der Waals surface area contributed by atoms with Crippen molar-refractivity contribution in [1.82, 2.24) is 4.90 Å². The Morgan fingerprint density at radius 1 is 1.08 bits per heavy atom. The molecule has 2 amide bonds. The molecule has 0 saturated carbocycles. The van der Waals surface area contributed by atoms with Gasteiger partial charge >= 0.3 is 0 Å². The zero-order valence-electron chi connectivity index (χ0n) is 14.7. The number of nitrogens with zero attached hydrogens (tertiary/aromatic N) is 1. The second-order valence-electron chi connectivity index (χ2n) is 5.53. The molecule has 138 valence electrons. The van der Waals surface area contributed by atoms with Gasteiger partial charge in [-0.1, -0.05) is 24.3 Å². The van der Waals surface area contributed by atoms with Gasteiger partial charge < -0.3 is 10.2 Å². The molecule has 0 unspecified atom stereocenters. The summed E-state index contributed by atoms with van der Waals surface area (Å²) < 4.78 is 13.5. The van der Waals surface area contributed by atoms with Gasteiger partial charge in [0.2, 0.25) is 11.8 Å². The average Bonchev–Trinajstić information content (AvgIpc) is 2.63. The first-order valence-corrected chi connectivity index (χ1v) is 10.3. The van der Waals surface area contributed by atoms with Crippen molar-refractivity contribution in [3.63, 3.8) is 0 Å². The van der Waals surface area contributed by atoms with E-state index in [1.807, 2.05) is 30.5 Å². The molecule has 0 aliphatic heterocycles. The molecule has 2 aromatic carbocycles. The second kappa shape index (κ2) is 10.2. The van der Waals surface area contributed by atoms with Crippen molar-refractivity contribution in [3.05, 3.63) is 54.3 Å². The Morgan fingerprint density at radius 2 is 1.73 bits per heavy atom. The Balaban J connectivity index is 1.79. The normalized spacial score (nSPS) is 10.4. The van der Waals surface area contributed by atoms with E-state index >= 15 is 0 Å². The fraction of sp³-hybridized carbons (Fsp3) is 0.263. The molecule has 2 aromatic rings. The molecule has 4 nitrogen and oxygen atoms in total. The van der Waals surface area contributed by atoms with Crippen LogP contribution in [0, 0.1) is 5.82 Å². The van der Waals surface area contributed by atoms with Crippen LogP contribution in [0.4, 0.5) is 10.1 Å². The van der Waals surface area contributed by atoms with Crippen molar-refractivity contribution in [2.24, 2.45) is 0 Å². The van der Waals surface area contributed by atoms with Crippen LogP contribution in [-0.2, 0) is 9.59 Å². The average molecular weight is 393 g/mol. The van der Waals surface area contributed by atoms with E-state index in [1.165, 1.54) is 22.7 Å². The number of carbonyl (C=O) groups excluding carboxylic acids is 2. The van der Waals surface area contributed by atoms with Crippen LogP contribution in [0.3, 0.4) is 0 Å². The van der Waals surface area contributed by atoms with E-state index in [9.17, 15) is 14.0 Å². The van der Waals surface area contributed by atoms with Gasteiger partial charge in [-0.15, -0.1) is 23.5 Å². The topological polar surface area (TPSA) is 49.4 Å². The molecule has 0 spiro atoms. The number of nitrogens with one attached hydrogen (secondary N) is 1. The minimum Gasteiger partial charge on any atom is -0.336 e. The van der Waals surface area contributed by atoms with Crippen molar-refractivity contribution < 1.29 is 14.0 Å². The van der Waals surface area contributed by atoms with Crippen LogP contribution in [-0.4, -0.2) is 42.3 Å². The molecule has 0 fully saturated rings. The lowest BCUT2D eigenvalue weighted by atomic mass is 10.3. The van der Waals surface area contributed by atoms with Crippen LogP contribution in [0.25, 0.3) is 0 Å². The highest BCUT2D eigenvalue weighted by molar-refractivity contribution is 7.99.